The minimum Gasteiger partial charge on any atom is -0.349 e. The molecule has 1 aliphatic rings. The van der Waals surface area contributed by atoms with Crippen LogP contribution in [0, 0.1) is 0 Å². The van der Waals surface area contributed by atoms with Gasteiger partial charge in [-0.05, 0) is 30.7 Å². The molecule has 4 rings (SSSR count). The smallest absolute Gasteiger partial charge is 0.334 e. The molecule has 11 nitrogen and oxygen atoms in total. The van der Waals surface area contributed by atoms with Crippen LogP contribution in [0.15, 0.2) is 54.9 Å². The quantitative estimate of drug-likeness (QED) is 0.298. The Kier molecular flexibility index (Phi) is 6.58. The SMILES string of the molecule is CC(Nc1nccc(N2CC(O)(O)N(C(C)(O)O)C2=O)n1)c1ccc(-c2cccc(C(C)(F)F)c2)cn1. The van der Waals surface area contributed by atoms with Crippen molar-refractivity contribution in [2.24, 2.45) is 0 Å². The lowest BCUT2D eigenvalue weighted by atomic mass is 10.0. The van der Waals surface area contributed by atoms with Gasteiger partial charge in [0, 0.05) is 37.4 Å². The molecule has 0 bridgehead atoms. The maximum absolute atomic E-state index is 13.7. The molecule has 37 heavy (non-hydrogen) atoms. The first kappa shape index (κ1) is 26.3. The predicted molar refractivity (Wildman–Crippen MR) is 128 cm³/mol. The highest BCUT2D eigenvalue weighted by Gasteiger charge is 2.55. The standard InChI is InChI=1S/C24H26F2N6O5/c1-14(18-8-7-16(12-28-18)15-5-4-6-17(11-15)22(2,25)26)29-20-27-10-9-19(30-20)31-13-24(36,37)32(21(31)33)23(3,34)35/h4-12,14,34-37H,13H2,1-3H3,(H,27,29,30). The number of pyridine rings is 1. The summed E-state index contributed by atoms with van der Waals surface area (Å²) < 4.78 is 27.4. The van der Waals surface area contributed by atoms with E-state index >= 15 is 0 Å². The Labute approximate surface area is 210 Å². The third kappa shape index (κ3) is 5.49. The number of rotatable bonds is 7. The van der Waals surface area contributed by atoms with Gasteiger partial charge in [-0.1, -0.05) is 24.3 Å². The first-order chi connectivity index (χ1) is 17.2. The van der Waals surface area contributed by atoms with Gasteiger partial charge in [0.15, 0.2) is 0 Å². The Bertz CT molecular complexity index is 1290. The molecule has 0 aliphatic carbocycles. The highest BCUT2D eigenvalue weighted by atomic mass is 19.3. The molecule has 1 aliphatic heterocycles. The molecule has 1 saturated heterocycles. The van der Waals surface area contributed by atoms with Crippen molar-refractivity contribution in [2.45, 2.75) is 44.6 Å². The van der Waals surface area contributed by atoms with Crippen molar-refractivity contribution < 1.29 is 34.0 Å². The molecule has 5 N–H and O–H groups in total. The lowest BCUT2D eigenvalue weighted by Crippen LogP contribution is -2.58. The number of β-amino-alcohol motifs (C(OH)–C–C–N with tert-alkyl or cyclic N) is 2. The molecule has 1 aromatic carbocycles. The number of nitrogens with one attached hydrogen (secondary N) is 1. The summed E-state index contributed by atoms with van der Waals surface area (Å²) in [6.45, 7) is 2.75. The minimum atomic E-state index is -2.96. The van der Waals surface area contributed by atoms with Gasteiger partial charge in [-0.25, -0.2) is 23.5 Å². The highest BCUT2D eigenvalue weighted by Crippen LogP contribution is 2.32. The summed E-state index contributed by atoms with van der Waals surface area (Å²) in [5.41, 5.74) is 1.76. The maximum atomic E-state index is 13.7. The van der Waals surface area contributed by atoms with Crippen LogP contribution in [0.5, 0.6) is 0 Å². The van der Waals surface area contributed by atoms with Crippen LogP contribution in [0.4, 0.5) is 25.3 Å². The van der Waals surface area contributed by atoms with Crippen LogP contribution in [0.3, 0.4) is 0 Å². The fourth-order valence-electron chi connectivity index (χ4n) is 3.96. The van der Waals surface area contributed by atoms with Crippen LogP contribution in [0.2, 0.25) is 0 Å². The molecule has 1 unspecified atom stereocenters. The lowest BCUT2D eigenvalue weighted by Gasteiger charge is -2.34. The zero-order valence-electron chi connectivity index (χ0n) is 20.2. The van der Waals surface area contributed by atoms with Gasteiger partial charge in [0.05, 0.1) is 11.7 Å². The number of halogens is 2. The molecule has 1 atom stereocenters. The molecule has 0 spiro atoms. The largest absolute Gasteiger partial charge is 0.349 e. The molecule has 2 amide bonds. The number of carbonyl (C=O) groups is 1. The van der Waals surface area contributed by atoms with Crippen LogP contribution in [-0.4, -0.2) is 64.7 Å². The van der Waals surface area contributed by atoms with E-state index in [0.29, 0.717) is 16.8 Å². The zero-order valence-corrected chi connectivity index (χ0v) is 20.2. The summed E-state index contributed by atoms with van der Waals surface area (Å²) in [5, 5.41) is 42.8. The first-order valence-electron chi connectivity index (χ1n) is 11.2. The van der Waals surface area contributed by atoms with Crippen LogP contribution >= 0.6 is 0 Å². The summed E-state index contributed by atoms with van der Waals surface area (Å²) in [4.78, 5) is 26.3. The van der Waals surface area contributed by atoms with Crippen molar-refractivity contribution in [1.82, 2.24) is 19.9 Å². The van der Waals surface area contributed by atoms with Gasteiger partial charge < -0.3 is 25.7 Å². The minimum absolute atomic E-state index is 0.00941. The van der Waals surface area contributed by atoms with Crippen molar-refractivity contribution in [3.8, 4) is 11.1 Å². The molecule has 0 radical (unpaired) electrons. The highest BCUT2D eigenvalue weighted by molar-refractivity contribution is 5.94. The second kappa shape index (κ2) is 9.27. The van der Waals surface area contributed by atoms with Gasteiger partial charge in [0.25, 0.3) is 17.7 Å². The number of hydrogen-bond acceptors (Lipinski definition) is 9. The maximum Gasteiger partial charge on any atom is 0.334 e. The second-order valence-electron chi connectivity index (χ2n) is 8.99. The van der Waals surface area contributed by atoms with Gasteiger partial charge in [-0.2, -0.15) is 4.98 Å². The fraction of sp³-hybridized carbons (Fsp3) is 0.333. The Morgan fingerprint density at radius 3 is 2.41 bits per heavy atom. The Morgan fingerprint density at radius 2 is 1.81 bits per heavy atom. The molecule has 1 fully saturated rings. The normalized spacial score (nSPS) is 16.7. The van der Waals surface area contributed by atoms with Gasteiger partial charge >= 0.3 is 6.03 Å². The number of hydrogen-bond donors (Lipinski definition) is 5. The van der Waals surface area contributed by atoms with E-state index in [4.69, 9.17) is 0 Å². The van der Waals surface area contributed by atoms with Gasteiger partial charge in [0.2, 0.25) is 5.95 Å². The number of benzene rings is 1. The Hall–Kier alpha value is -3.78. The van der Waals surface area contributed by atoms with E-state index in [0.717, 1.165) is 18.7 Å². The Morgan fingerprint density at radius 1 is 1.08 bits per heavy atom. The summed E-state index contributed by atoms with van der Waals surface area (Å²) in [6, 6.07) is 9.40. The van der Waals surface area contributed by atoms with E-state index in [9.17, 15) is 34.0 Å². The van der Waals surface area contributed by atoms with Crippen LogP contribution in [0.25, 0.3) is 11.1 Å². The van der Waals surface area contributed by atoms with Crippen molar-refractivity contribution in [3.05, 3.63) is 66.1 Å². The van der Waals surface area contributed by atoms with Crippen molar-refractivity contribution in [2.75, 3.05) is 16.8 Å². The van der Waals surface area contributed by atoms with Crippen LogP contribution in [-0.2, 0) is 5.92 Å². The van der Waals surface area contributed by atoms with E-state index in [1.165, 1.54) is 24.4 Å². The number of urea groups is 1. The van der Waals surface area contributed by atoms with Gasteiger partial charge in [0.1, 0.15) is 12.4 Å². The summed E-state index contributed by atoms with van der Waals surface area (Å²) in [6.07, 6.45) is 2.91. The van der Waals surface area contributed by atoms with E-state index in [-0.39, 0.29) is 22.2 Å². The van der Waals surface area contributed by atoms with Crippen molar-refractivity contribution >= 4 is 17.8 Å². The van der Waals surface area contributed by atoms with E-state index in [1.807, 2.05) is 0 Å². The number of carbonyl (C=O) groups excluding carboxylic acids is 1. The molecule has 3 aromatic rings. The first-order valence-corrected chi connectivity index (χ1v) is 11.2. The van der Waals surface area contributed by atoms with Crippen LogP contribution in [0.1, 0.15) is 38.1 Å². The summed E-state index contributed by atoms with van der Waals surface area (Å²) in [5.74, 6) is -8.55. The van der Waals surface area contributed by atoms with E-state index < -0.39 is 36.4 Å². The molecular formula is C24H26F2N6O5. The third-order valence-corrected chi connectivity index (χ3v) is 5.77. The average Bonchev–Trinajstić information content (AvgIpc) is 3.07. The zero-order chi connectivity index (χ0) is 27.2. The monoisotopic (exact) mass is 516 g/mol. The molecule has 196 valence electrons. The average molecular weight is 517 g/mol. The van der Waals surface area contributed by atoms with Crippen molar-refractivity contribution in [3.63, 3.8) is 0 Å². The molecule has 0 saturated carbocycles. The van der Waals surface area contributed by atoms with Gasteiger partial charge in [-0.15, -0.1) is 0 Å². The molecule has 2 aromatic heterocycles. The third-order valence-electron chi connectivity index (χ3n) is 5.77. The summed E-state index contributed by atoms with van der Waals surface area (Å²) in [7, 11) is 0. The predicted octanol–water partition coefficient (Wildman–Crippen LogP) is 2.36. The molecule has 13 heteroatoms. The second-order valence-corrected chi connectivity index (χ2v) is 8.99. The number of aromatic nitrogens is 3. The number of amides is 2. The van der Waals surface area contributed by atoms with Gasteiger partial charge in [-0.3, -0.25) is 9.88 Å². The molecular weight excluding hydrogens is 490 g/mol. The van der Waals surface area contributed by atoms with Crippen LogP contribution < -0.4 is 10.2 Å². The fourth-order valence-corrected chi connectivity index (χ4v) is 3.96. The topological polar surface area (TPSA) is 155 Å². The lowest BCUT2D eigenvalue weighted by molar-refractivity contribution is -0.339. The van der Waals surface area contributed by atoms with Crippen molar-refractivity contribution in [1.29, 1.82) is 0 Å². The van der Waals surface area contributed by atoms with E-state index in [1.54, 1.807) is 37.4 Å². The number of aliphatic hydroxyl groups is 4. The summed E-state index contributed by atoms with van der Waals surface area (Å²) >= 11 is 0. The number of nitrogens with zero attached hydrogens (tertiary/aromatic N) is 5. The number of alkyl halides is 2. The number of anilines is 2. The molecule has 3 heterocycles. The van der Waals surface area contributed by atoms with E-state index in [2.05, 4.69) is 20.3 Å². The Balaban J connectivity index is 1.50.